The highest BCUT2D eigenvalue weighted by molar-refractivity contribution is 6.23. The SMILES string of the molecule is CC(/C(N)=N/C(=N)F)N1C(=O)c2ccccc2C1=O. The fourth-order valence-corrected chi connectivity index (χ4v) is 1.90. The summed E-state index contributed by atoms with van der Waals surface area (Å²) in [7, 11) is 0. The lowest BCUT2D eigenvalue weighted by atomic mass is 10.1. The van der Waals surface area contributed by atoms with Crippen molar-refractivity contribution < 1.29 is 14.0 Å². The van der Waals surface area contributed by atoms with Crippen LogP contribution in [0.5, 0.6) is 0 Å². The fourth-order valence-electron chi connectivity index (χ4n) is 1.90. The zero-order chi connectivity index (χ0) is 14.2. The summed E-state index contributed by atoms with van der Waals surface area (Å²) in [5, 5.41) is 6.60. The van der Waals surface area contributed by atoms with Crippen LogP contribution in [0.4, 0.5) is 4.39 Å². The molecule has 1 aromatic rings. The number of halogens is 1. The molecule has 2 amide bonds. The predicted octanol–water partition coefficient (Wildman–Crippen LogP) is 0.933. The van der Waals surface area contributed by atoms with E-state index in [1.54, 1.807) is 12.1 Å². The first-order chi connectivity index (χ1) is 8.93. The molecule has 1 aliphatic heterocycles. The Kier molecular flexibility index (Phi) is 3.12. The van der Waals surface area contributed by atoms with Gasteiger partial charge in [-0.1, -0.05) is 12.1 Å². The summed E-state index contributed by atoms with van der Waals surface area (Å²) in [5.41, 5.74) is 6.04. The Labute approximate surface area is 108 Å². The maximum atomic E-state index is 12.4. The van der Waals surface area contributed by atoms with Crippen molar-refractivity contribution in [1.82, 2.24) is 4.90 Å². The molecule has 0 bridgehead atoms. The van der Waals surface area contributed by atoms with Crippen LogP contribution < -0.4 is 5.73 Å². The van der Waals surface area contributed by atoms with Crippen LogP contribution in [0.25, 0.3) is 0 Å². The quantitative estimate of drug-likeness (QED) is 0.359. The number of carbonyl (C=O) groups is 2. The molecule has 2 rings (SSSR count). The van der Waals surface area contributed by atoms with Crippen LogP contribution in [0.3, 0.4) is 0 Å². The van der Waals surface area contributed by atoms with Gasteiger partial charge in [-0.2, -0.15) is 9.38 Å². The first-order valence-corrected chi connectivity index (χ1v) is 5.48. The summed E-state index contributed by atoms with van der Waals surface area (Å²) >= 11 is 0. The van der Waals surface area contributed by atoms with E-state index in [4.69, 9.17) is 11.1 Å². The molecule has 0 radical (unpaired) electrons. The third kappa shape index (κ3) is 2.10. The minimum absolute atomic E-state index is 0.280. The first-order valence-electron chi connectivity index (χ1n) is 5.48. The van der Waals surface area contributed by atoms with Crippen LogP contribution in [0.1, 0.15) is 27.6 Å². The number of nitrogens with zero attached hydrogens (tertiary/aromatic N) is 2. The average molecular weight is 262 g/mol. The number of imide groups is 1. The molecule has 3 N–H and O–H groups in total. The number of amides is 2. The van der Waals surface area contributed by atoms with E-state index in [2.05, 4.69) is 4.99 Å². The Morgan fingerprint density at radius 1 is 1.32 bits per heavy atom. The molecule has 1 unspecified atom stereocenters. The number of benzene rings is 1. The van der Waals surface area contributed by atoms with Gasteiger partial charge in [0.2, 0.25) is 0 Å². The molecule has 1 atom stereocenters. The molecular weight excluding hydrogens is 251 g/mol. The maximum absolute atomic E-state index is 12.4. The van der Waals surface area contributed by atoms with E-state index in [0.29, 0.717) is 0 Å². The van der Waals surface area contributed by atoms with Crippen molar-refractivity contribution in [1.29, 1.82) is 5.41 Å². The van der Waals surface area contributed by atoms with Gasteiger partial charge in [0, 0.05) is 0 Å². The number of rotatable bonds is 2. The van der Waals surface area contributed by atoms with Crippen molar-refractivity contribution in [2.24, 2.45) is 10.7 Å². The summed E-state index contributed by atoms with van der Waals surface area (Å²) in [6.07, 6.45) is -1.47. The molecule has 0 saturated carbocycles. The van der Waals surface area contributed by atoms with Gasteiger partial charge >= 0.3 is 6.09 Å². The standard InChI is InChI=1S/C12H11FN4O2/c1-6(9(14)16-12(13)15)17-10(18)7-4-2-3-5-8(7)11(17)19/h2-6H,1H3,(H3,14,15,16). The topological polar surface area (TPSA) is 99.6 Å². The summed E-state index contributed by atoms with van der Waals surface area (Å²) < 4.78 is 12.4. The lowest BCUT2D eigenvalue weighted by molar-refractivity contribution is 0.0634. The van der Waals surface area contributed by atoms with Crippen LogP contribution in [0.15, 0.2) is 29.3 Å². The highest BCUT2D eigenvalue weighted by Crippen LogP contribution is 2.24. The number of amidine groups is 2. The second kappa shape index (κ2) is 4.60. The van der Waals surface area contributed by atoms with E-state index in [1.165, 1.54) is 19.1 Å². The third-order valence-electron chi connectivity index (χ3n) is 2.87. The Morgan fingerprint density at radius 3 is 2.21 bits per heavy atom. The second-order valence-corrected chi connectivity index (χ2v) is 4.03. The van der Waals surface area contributed by atoms with Gasteiger partial charge in [-0.3, -0.25) is 19.9 Å². The Balaban J connectivity index is 2.37. The van der Waals surface area contributed by atoms with Crippen molar-refractivity contribution in [3.8, 4) is 0 Å². The van der Waals surface area contributed by atoms with Gasteiger partial charge < -0.3 is 5.73 Å². The molecule has 0 aliphatic carbocycles. The van der Waals surface area contributed by atoms with Gasteiger partial charge in [0.1, 0.15) is 5.84 Å². The van der Waals surface area contributed by atoms with Gasteiger partial charge in [0.15, 0.2) is 0 Å². The lowest BCUT2D eigenvalue weighted by Gasteiger charge is -2.21. The highest BCUT2D eigenvalue weighted by atomic mass is 19.1. The van der Waals surface area contributed by atoms with Crippen LogP contribution in [-0.4, -0.2) is 34.7 Å². The molecule has 0 saturated heterocycles. The normalized spacial score (nSPS) is 16.5. The minimum atomic E-state index is -1.47. The van der Waals surface area contributed by atoms with Crippen molar-refractivity contribution in [3.63, 3.8) is 0 Å². The van der Waals surface area contributed by atoms with Crippen LogP contribution in [-0.2, 0) is 0 Å². The summed E-state index contributed by atoms with van der Waals surface area (Å²) in [6, 6.07) is 5.45. The summed E-state index contributed by atoms with van der Waals surface area (Å²) in [5.74, 6) is -1.31. The first kappa shape index (κ1) is 12.9. The number of fused-ring (bicyclic) bond motifs is 1. The molecule has 7 heteroatoms. The van der Waals surface area contributed by atoms with Gasteiger partial charge in [0.25, 0.3) is 11.8 Å². The predicted molar refractivity (Wildman–Crippen MR) is 66.9 cm³/mol. The van der Waals surface area contributed by atoms with E-state index < -0.39 is 23.9 Å². The summed E-state index contributed by atoms with van der Waals surface area (Å²) in [4.78, 5) is 28.2. The van der Waals surface area contributed by atoms with Crippen LogP contribution >= 0.6 is 0 Å². The van der Waals surface area contributed by atoms with E-state index in [9.17, 15) is 14.0 Å². The van der Waals surface area contributed by atoms with Crippen molar-refractivity contribution >= 4 is 23.7 Å². The van der Waals surface area contributed by atoms with Crippen LogP contribution in [0.2, 0.25) is 0 Å². The molecular formula is C12H11FN4O2. The van der Waals surface area contributed by atoms with Crippen molar-refractivity contribution in [2.45, 2.75) is 13.0 Å². The zero-order valence-electron chi connectivity index (χ0n) is 10.1. The van der Waals surface area contributed by atoms with E-state index >= 15 is 0 Å². The van der Waals surface area contributed by atoms with E-state index in [0.717, 1.165) is 4.90 Å². The average Bonchev–Trinajstić information content (AvgIpc) is 2.61. The fraction of sp³-hybridized carbons (Fsp3) is 0.167. The zero-order valence-corrected chi connectivity index (χ0v) is 10.1. The number of hydrogen-bond acceptors (Lipinski definition) is 3. The van der Waals surface area contributed by atoms with Crippen LogP contribution in [0, 0.1) is 5.41 Å². The van der Waals surface area contributed by atoms with Gasteiger partial charge in [-0.25, -0.2) is 0 Å². The molecule has 0 spiro atoms. The number of carbonyl (C=O) groups excluding carboxylic acids is 2. The van der Waals surface area contributed by atoms with Gasteiger partial charge in [0.05, 0.1) is 17.2 Å². The van der Waals surface area contributed by atoms with E-state index in [1.807, 2.05) is 0 Å². The molecule has 1 aromatic carbocycles. The largest absolute Gasteiger partial charge is 0.385 e. The lowest BCUT2D eigenvalue weighted by Crippen LogP contribution is -2.46. The summed E-state index contributed by atoms with van der Waals surface area (Å²) in [6.45, 7) is 1.45. The smallest absolute Gasteiger partial charge is 0.302 e. The number of hydrogen-bond donors (Lipinski definition) is 2. The Morgan fingerprint density at radius 2 is 1.79 bits per heavy atom. The highest BCUT2D eigenvalue weighted by Gasteiger charge is 2.39. The molecule has 19 heavy (non-hydrogen) atoms. The molecule has 0 fully saturated rings. The number of aliphatic imine (C=N–C) groups is 1. The molecule has 6 nitrogen and oxygen atoms in total. The van der Waals surface area contributed by atoms with E-state index in [-0.39, 0.29) is 17.0 Å². The third-order valence-corrected chi connectivity index (χ3v) is 2.87. The number of nitrogens with two attached hydrogens (primary N) is 1. The monoisotopic (exact) mass is 262 g/mol. The van der Waals surface area contributed by atoms with Gasteiger partial charge in [-0.15, -0.1) is 0 Å². The van der Waals surface area contributed by atoms with Crippen molar-refractivity contribution in [3.05, 3.63) is 35.4 Å². The number of nitrogens with one attached hydrogen (secondary N) is 1. The Hall–Kier alpha value is -2.57. The Bertz CT molecular complexity index is 577. The minimum Gasteiger partial charge on any atom is -0.385 e. The van der Waals surface area contributed by atoms with Crippen molar-refractivity contribution in [2.75, 3.05) is 0 Å². The molecule has 1 aliphatic rings. The molecule has 1 heterocycles. The maximum Gasteiger partial charge on any atom is 0.302 e. The second-order valence-electron chi connectivity index (χ2n) is 4.03. The van der Waals surface area contributed by atoms with Gasteiger partial charge in [-0.05, 0) is 19.1 Å². The molecule has 98 valence electrons. The molecule has 0 aromatic heterocycles.